The van der Waals surface area contributed by atoms with Crippen LogP contribution in [0.15, 0.2) is 45.6 Å². The lowest BCUT2D eigenvalue weighted by Crippen LogP contribution is -2.25. The van der Waals surface area contributed by atoms with Crippen LogP contribution in [0.25, 0.3) is 0 Å². The lowest BCUT2D eigenvalue weighted by Gasteiger charge is -2.11. The number of furan rings is 2. The Morgan fingerprint density at radius 1 is 1.12 bits per heavy atom. The second-order valence-electron chi connectivity index (χ2n) is 3.98. The number of hydrogen-bond donors (Lipinski definition) is 1. The molecule has 2 aromatic heterocycles. The summed E-state index contributed by atoms with van der Waals surface area (Å²) in [6.07, 6.45) is 5.45. The van der Waals surface area contributed by atoms with Gasteiger partial charge in [-0.2, -0.15) is 0 Å². The fourth-order valence-electron chi connectivity index (χ4n) is 1.60. The molecule has 0 aliphatic carbocycles. The van der Waals surface area contributed by atoms with Crippen molar-refractivity contribution >= 4 is 0 Å². The molecule has 2 heterocycles. The van der Waals surface area contributed by atoms with Crippen LogP contribution in [0.2, 0.25) is 0 Å². The molecule has 16 heavy (non-hydrogen) atoms. The molecule has 0 aromatic carbocycles. The van der Waals surface area contributed by atoms with Gasteiger partial charge >= 0.3 is 0 Å². The van der Waals surface area contributed by atoms with Crippen LogP contribution in [-0.4, -0.2) is 6.04 Å². The average molecular weight is 219 g/mol. The molecular formula is C13H17NO2. The Bertz CT molecular complexity index is 340. The van der Waals surface area contributed by atoms with E-state index in [-0.39, 0.29) is 0 Å². The molecule has 0 radical (unpaired) electrons. The van der Waals surface area contributed by atoms with Gasteiger partial charge in [0.25, 0.3) is 0 Å². The van der Waals surface area contributed by atoms with Crippen LogP contribution < -0.4 is 5.32 Å². The van der Waals surface area contributed by atoms with Gasteiger partial charge < -0.3 is 14.2 Å². The maximum absolute atomic E-state index is 5.29. The molecule has 0 fully saturated rings. The van der Waals surface area contributed by atoms with Crippen molar-refractivity contribution in [1.29, 1.82) is 0 Å². The summed E-state index contributed by atoms with van der Waals surface area (Å²) in [4.78, 5) is 0. The lowest BCUT2D eigenvalue weighted by atomic mass is 10.1. The maximum Gasteiger partial charge on any atom is 0.117 e. The zero-order valence-electron chi connectivity index (χ0n) is 9.48. The summed E-state index contributed by atoms with van der Waals surface area (Å²) in [5, 5.41) is 3.41. The highest BCUT2D eigenvalue weighted by Gasteiger charge is 2.04. The van der Waals surface area contributed by atoms with Gasteiger partial charge in [0, 0.05) is 12.5 Å². The largest absolute Gasteiger partial charge is 0.469 e. The lowest BCUT2D eigenvalue weighted by molar-refractivity contribution is 0.429. The summed E-state index contributed by atoms with van der Waals surface area (Å²) in [5.41, 5.74) is 0. The first-order valence-electron chi connectivity index (χ1n) is 5.63. The topological polar surface area (TPSA) is 38.3 Å². The van der Waals surface area contributed by atoms with Crippen molar-refractivity contribution in [2.75, 3.05) is 0 Å². The summed E-state index contributed by atoms with van der Waals surface area (Å²) < 4.78 is 10.5. The summed E-state index contributed by atoms with van der Waals surface area (Å²) in [7, 11) is 0. The Kier molecular flexibility index (Phi) is 3.83. The number of nitrogens with one attached hydrogen (secondary N) is 1. The third kappa shape index (κ3) is 3.28. The Balaban J connectivity index is 1.66. The average Bonchev–Trinajstić information content (AvgIpc) is 2.96. The molecule has 2 aromatic rings. The van der Waals surface area contributed by atoms with Crippen LogP contribution in [0.3, 0.4) is 0 Å². The van der Waals surface area contributed by atoms with Gasteiger partial charge in [0.15, 0.2) is 0 Å². The van der Waals surface area contributed by atoms with Crippen LogP contribution >= 0.6 is 0 Å². The minimum absolute atomic E-state index is 0.454. The van der Waals surface area contributed by atoms with E-state index in [0.717, 1.165) is 30.9 Å². The molecule has 86 valence electrons. The van der Waals surface area contributed by atoms with E-state index in [1.165, 1.54) is 0 Å². The predicted molar refractivity (Wildman–Crippen MR) is 62.0 cm³/mol. The second-order valence-corrected chi connectivity index (χ2v) is 3.98. The van der Waals surface area contributed by atoms with Crippen molar-refractivity contribution in [3.8, 4) is 0 Å². The summed E-state index contributed by atoms with van der Waals surface area (Å²) in [6, 6.07) is 8.28. The van der Waals surface area contributed by atoms with E-state index >= 15 is 0 Å². The first-order valence-corrected chi connectivity index (χ1v) is 5.63. The first kappa shape index (κ1) is 11.0. The van der Waals surface area contributed by atoms with Crippen LogP contribution in [0.4, 0.5) is 0 Å². The van der Waals surface area contributed by atoms with Gasteiger partial charge in [-0.25, -0.2) is 0 Å². The predicted octanol–water partition coefficient (Wildman–Crippen LogP) is 2.98. The summed E-state index contributed by atoms with van der Waals surface area (Å²) in [6.45, 7) is 2.96. The van der Waals surface area contributed by atoms with Crippen molar-refractivity contribution in [1.82, 2.24) is 5.32 Å². The zero-order valence-corrected chi connectivity index (χ0v) is 9.48. The molecule has 1 atom stereocenters. The SMILES string of the molecule is CC(CCc1ccco1)NCc1ccco1. The summed E-state index contributed by atoms with van der Waals surface area (Å²) in [5.74, 6) is 2.02. The van der Waals surface area contributed by atoms with Gasteiger partial charge in [-0.05, 0) is 37.6 Å². The van der Waals surface area contributed by atoms with E-state index in [2.05, 4.69) is 12.2 Å². The molecule has 0 amide bonds. The highest BCUT2D eigenvalue weighted by atomic mass is 16.3. The van der Waals surface area contributed by atoms with E-state index in [9.17, 15) is 0 Å². The summed E-state index contributed by atoms with van der Waals surface area (Å²) >= 11 is 0. The minimum atomic E-state index is 0.454. The monoisotopic (exact) mass is 219 g/mol. The minimum Gasteiger partial charge on any atom is -0.469 e. The fourth-order valence-corrected chi connectivity index (χ4v) is 1.60. The second kappa shape index (κ2) is 5.56. The van der Waals surface area contributed by atoms with Gasteiger partial charge in [-0.1, -0.05) is 0 Å². The Labute approximate surface area is 95.5 Å². The van der Waals surface area contributed by atoms with Crippen molar-refractivity contribution in [3.05, 3.63) is 48.3 Å². The van der Waals surface area contributed by atoms with Gasteiger partial charge in [0.05, 0.1) is 19.1 Å². The molecule has 1 N–H and O–H groups in total. The van der Waals surface area contributed by atoms with Crippen molar-refractivity contribution in [3.63, 3.8) is 0 Å². The molecule has 0 bridgehead atoms. The van der Waals surface area contributed by atoms with Crippen molar-refractivity contribution in [2.24, 2.45) is 0 Å². The van der Waals surface area contributed by atoms with Crippen LogP contribution in [0, 0.1) is 0 Å². The van der Waals surface area contributed by atoms with E-state index in [1.54, 1.807) is 12.5 Å². The van der Waals surface area contributed by atoms with Gasteiger partial charge in [-0.3, -0.25) is 0 Å². The molecule has 0 aliphatic heterocycles. The third-order valence-electron chi connectivity index (χ3n) is 2.61. The molecule has 2 rings (SSSR count). The molecule has 0 saturated carbocycles. The first-order chi connectivity index (χ1) is 7.84. The van der Waals surface area contributed by atoms with Crippen molar-refractivity contribution in [2.45, 2.75) is 32.4 Å². The highest BCUT2D eigenvalue weighted by Crippen LogP contribution is 2.06. The van der Waals surface area contributed by atoms with E-state index < -0.39 is 0 Å². The molecular weight excluding hydrogens is 202 g/mol. The van der Waals surface area contributed by atoms with Crippen LogP contribution in [-0.2, 0) is 13.0 Å². The smallest absolute Gasteiger partial charge is 0.117 e. The zero-order chi connectivity index (χ0) is 11.2. The molecule has 3 heteroatoms. The fraction of sp³-hybridized carbons (Fsp3) is 0.385. The molecule has 0 aliphatic rings. The molecule has 0 saturated heterocycles. The third-order valence-corrected chi connectivity index (χ3v) is 2.61. The maximum atomic E-state index is 5.29. The van der Waals surface area contributed by atoms with E-state index in [1.807, 2.05) is 24.3 Å². The number of aryl methyl sites for hydroxylation is 1. The number of hydrogen-bond acceptors (Lipinski definition) is 3. The molecule has 0 spiro atoms. The Hall–Kier alpha value is -1.48. The quantitative estimate of drug-likeness (QED) is 0.811. The highest BCUT2D eigenvalue weighted by molar-refractivity contribution is 4.99. The van der Waals surface area contributed by atoms with Crippen LogP contribution in [0.5, 0.6) is 0 Å². The van der Waals surface area contributed by atoms with Gasteiger partial charge in [-0.15, -0.1) is 0 Å². The molecule has 1 unspecified atom stereocenters. The van der Waals surface area contributed by atoms with E-state index in [0.29, 0.717) is 6.04 Å². The Morgan fingerprint density at radius 2 is 1.81 bits per heavy atom. The van der Waals surface area contributed by atoms with E-state index in [4.69, 9.17) is 8.83 Å². The Morgan fingerprint density at radius 3 is 2.44 bits per heavy atom. The van der Waals surface area contributed by atoms with Gasteiger partial charge in [0.2, 0.25) is 0 Å². The van der Waals surface area contributed by atoms with Crippen LogP contribution in [0.1, 0.15) is 24.9 Å². The standard InChI is InChI=1S/C13H17NO2/c1-11(6-7-12-4-2-8-15-12)14-10-13-5-3-9-16-13/h2-5,8-9,11,14H,6-7,10H2,1H3. The number of rotatable bonds is 6. The molecule has 3 nitrogen and oxygen atoms in total. The van der Waals surface area contributed by atoms with Gasteiger partial charge in [0.1, 0.15) is 11.5 Å². The normalized spacial score (nSPS) is 12.8. The van der Waals surface area contributed by atoms with Crippen molar-refractivity contribution < 1.29 is 8.83 Å².